The van der Waals surface area contributed by atoms with Gasteiger partial charge in [0.2, 0.25) is 0 Å². The molecule has 0 bridgehead atoms. The molecule has 0 aliphatic carbocycles. The summed E-state index contributed by atoms with van der Waals surface area (Å²) in [6, 6.07) is 0. The van der Waals surface area contributed by atoms with Gasteiger partial charge in [-0.2, -0.15) is 0 Å². The third-order valence-corrected chi connectivity index (χ3v) is 3.69. The summed E-state index contributed by atoms with van der Waals surface area (Å²) in [6.45, 7) is 7.84. The van der Waals surface area contributed by atoms with E-state index in [-0.39, 0.29) is 5.41 Å². The van der Waals surface area contributed by atoms with E-state index >= 15 is 0 Å². The third kappa shape index (κ3) is 4.09. The molecule has 0 saturated carbocycles. The predicted octanol–water partition coefficient (Wildman–Crippen LogP) is 3.08. The number of piperidine rings is 1. The maximum Gasteiger partial charge on any atom is 0.138 e. The van der Waals surface area contributed by atoms with Crippen molar-refractivity contribution >= 4 is 5.78 Å². The molecule has 1 fully saturated rings. The summed E-state index contributed by atoms with van der Waals surface area (Å²) < 4.78 is 0. The molecule has 1 saturated heterocycles. The fourth-order valence-electron chi connectivity index (χ4n) is 2.31. The Morgan fingerprint density at radius 3 is 2.62 bits per heavy atom. The minimum Gasteiger partial charge on any atom is -0.317 e. The van der Waals surface area contributed by atoms with Gasteiger partial charge in [-0.25, -0.2) is 0 Å². The van der Waals surface area contributed by atoms with E-state index in [1.807, 2.05) is 6.08 Å². The van der Waals surface area contributed by atoms with Crippen molar-refractivity contribution in [2.75, 3.05) is 13.1 Å². The highest BCUT2D eigenvalue weighted by molar-refractivity contribution is 5.84. The quantitative estimate of drug-likeness (QED) is 0.531. The van der Waals surface area contributed by atoms with Gasteiger partial charge in [0.1, 0.15) is 5.78 Å². The van der Waals surface area contributed by atoms with Crippen molar-refractivity contribution in [1.82, 2.24) is 5.32 Å². The number of unbranched alkanes of at least 4 members (excludes halogenated alkanes) is 3. The molecular weight excluding hydrogens is 198 g/mol. The Morgan fingerprint density at radius 1 is 1.31 bits per heavy atom. The average molecular weight is 223 g/mol. The molecular formula is C14H25NO. The molecule has 1 aliphatic rings. The fraction of sp³-hybridized carbons (Fsp3) is 0.786. The number of carbonyl (C=O) groups excluding carboxylic acids is 1. The Kier molecular flexibility index (Phi) is 5.75. The third-order valence-electron chi connectivity index (χ3n) is 3.69. The van der Waals surface area contributed by atoms with E-state index in [2.05, 4.69) is 18.8 Å². The number of hydrogen-bond acceptors (Lipinski definition) is 2. The average Bonchev–Trinajstić information content (AvgIpc) is 2.29. The smallest absolute Gasteiger partial charge is 0.138 e. The van der Waals surface area contributed by atoms with E-state index in [0.717, 1.165) is 51.6 Å². The minimum absolute atomic E-state index is 0.0380. The van der Waals surface area contributed by atoms with Crippen LogP contribution in [0.5, 0.6) is 0 Å². The van der Waals surface area contributed by atoms with Gasteiger partial charge in [0.15, 0.2) is 0 Å². The van der Waals surface area contributed by atoms with Crippen molar-refractivity contribution in [1.29, 1.82) is 0 Å². The Bertz CT molecular complexity index is 229. The summed E-state index contributed by atoms with van der Waals surface area (Å²) in [5.41, 5.74) is -0.0380. The maximum absolute atomic E-state index is 12.1. The second-order valence-electron chi connectivity index (χ2n) is 5.12. The molecule has 0 spiro atoms. The van der Waals surface area contributed by atoms with Crippen molar-refractivity contribution in [3.05, 3.63) is 12.7 Å². The van der Waals surface area contributed by atoms with Crippen molar-refractivity contribution in [2.45, 2.75) is 51.9 Å². The minimum atomic E-state index is -0.0380. The number of Topliss-reactive ketones (excluding diaryl/α,β-unsaturated/α-hetero) is 1. The van der Waals surface area contributed by atoms with E-state index in [0.29, 0.717) is 5.78 Å². The molecule has 1 rings (SSSR count). The molecule has 0 unspecified atom stereocenters. The number of carbonyl (C=O) groups is 1. The van der Waals surface area contributed by atoms with Crippen LogP contribution in [0.4, 0.5) is 0 Å². The lowest BCUT2D eigenvalue weighted by Gasteiger charge is -2.32. The second kappa shape index (κ2) is 6.85. The summed E-state index contributed by atoms with van der Waals surface area (Å²) in [5, 5.41) is 3.32. The summed E-state index contributed by atoms with van der Waals surface area (Å²) in [6.07, 6.45) is 9.22. The van der Waals surface area contributed by atoms with Gasteiger partial charge in [-0.3, -0.25) is 4.79 Å². The second-order valence-corrected chi connectivity index (χ2v) is 5.12. The van der Waals surface area contributed by atoms with Crippen molar-refractivity contribution < 1.29 is 4.79 Å². The molecule has 0 radical (unpaired) electrons. The molecule has 0 atom stereocenters. The Balaban J connectivity index is 2.20. The van der Waals surface area contributed by atoms with Crippen LogP contribution in [-0.4, -0.2) is 18.9 Å². The van der Waals surface area contributed by atoms with Crippen LogP contribution in [-0.2, 0) is 4.79 Å². The lowest BCUT2D eigenvalue weighted by Crippen LogP contribution is -2.39. The number of allylic oxidation sites excluding steroid dienone is 1. The number of hydrogen-bond donors (Lipinski definition) is 1. The highest BCUT2D eigenvalue weighted by Gasteiger charge is 2.33. The van der Waals surface area contributed by atoms with Gasteiger partial charge in [-0.15, -0.1) is 6.58 Å². The summed E-state index contributed by atoms with van der Waals surface area (Å²) in [4.78, 5) is 12.1. The molecule has 1 heterocycles. The SMILES string of the molecule is C=CCCCCCC(=O)C1(C)CCNCC1. The maximum atomic E-state index is 12.1. The van der Waals surface area contributed by atoms with Crippen LogP contribution in [0.1, 0.15) is 51.9 Å². The first-order chi connectivity index (χ1) is 7.69. The number of nitrogens with one attached hydrogen (secondary N) is 1. The van der Waals surface area contributed by atoms with Gasteiger partial charge in [-0.05, 0) is 45.2 Å². The lowest BCUT2D eigenvalue weighted by molar-refractivity contribution is -0.129. The van der Waals surface area contributed by atoms with Gasteiger partial charge in [0, 0.05) is 11.8 Å². The van der Waals surface area contributed by atoms with Gasteiger partial charge < -0.3 is 5.32 Å². The van der Waals surface area contributed by atoms with Gasteiger partial charge in [0.25, 0.3) is 0 Å². The normalized spacial score (nSPS) is 19.3. The first kappa shape index (κ1) is 13.4. The Hall–Kier alpha value is -0.630. The van der Waals surface area contributed by atoms with Crippen molar-refractivity contribution in [3.8, 4) is 0 Å². The molecule has 16 heavy (non-hydrogen) atoms. The number of rotatable bonds is 7. The van der Waals surface area contributed by atoms with Gasteiger partial charge in [-0.1, -0.05) is 19.4 Å². The van der Waals surface area contributed by atoms with Crippen molar-refractivity contribution in [3.63, 3.8) is 0 Å². The summed E-state index contributed by atoms with van der Waals surface area (Å²) in [5.74, 6) is 0.479. The van der Waals surface area contributed by atoms with E-state index in [4.69, 9.17) is 0 Å². The molecule has 0 amide bonds. The first-order valence-corrected chi connectivity index (χ1v) is 6.54. The van der Waals surface area contributed by atoms with E-state index in [1.165, 1.54) is 6.42 Å². The zero-order chi connectivity index (χ0) is 11.9. The van der Waals surface area contributed by atoms with Crippen LogP contribution in [0.15, 0.2) is 12.7 Å². The number of ketones is 1. The molecule has 1 aliphatic heterocycles. The zero-order valence-electron chi connectivity index (χ0n) is 10.6. The molecule has 0 aromatic carbocycles. The van der Waals surface area contributed by atoms with Crippen LogP contribution < -0.4 is 5.32 Å². The predicted molar refractivity (Wildman–Crippen MR) is 68.5 cm³/mol. The van der Waals surface area contributed by atoms with Crippen LogP contribution in [0.25, 0.3) is 0 Å². The van der Waals surface area contributed by atoms with Crippen molar-refractivity contribution in [2.24, 2.45) is 5.41 Å². The van der Waals surface area contributed by atoms with Gasteiger partial charge in [0.05, 0.1) is 0 Å². The topological polar surface area (TPSA) is 29.1 Å². The monoisotopic (exact) mass is 223 g/mol. The molecule has 2 nitrogen and oxygen atoms in total. The zero-order valence-corrected chi connectivity index (χ0v) is 10.6. The molecule has 92 valence electrons. The van der Waals surface area contributed by atoms with Crippen LogP contribution in [0.2, 0.25) is 0 Å². The molecule has 0 aromatic heterocycles. The first-order valence-electron chi connectivity index (χ1n) is 6.54. The van der Waals surface area contributed by atoms with Crippen LogP contribution in [0.3, 0.4) is 0 Å². The summed E-state index contributed by atoms with van der Waals surface area (Å²) in [7, 11) is 0. The molecule has 0 aromatic rings. The fourth-order valence-corrected chi connectivity index (χ4v) is 2.31. The lowest BCUT2D eigenvalue weighted by atomic mass is 9.76. The highest BCUT2D eigenvalue weighted by atomic mass is 16.1. The van der Waals surface area contributed by atoms with Crippen LogP contribution in [0, 0.1) is 5.41 Å². The Labute approximate surface area is 99.5 Å². The van der Waals surface area contributed by atoms with Crippen LogP contribution >= 0.6 is 0 Å². The molecule has 1 N–H and O–H groups in total. The Morgan fingerprint density at radius 2 is 2.00 bits per heavy atom. The van der Waals surface area contributed by atoms with E-state index in [1.54, 1.807) is 0 Å². The molecule has 2 heteroatoms. The largest absolute Gasteiger partial charge is 0.317 e. The van der Waals surface area contributed by atoms with Gasteiger partial charge >= 0.3 is 0 Å². The van der Waals surface area contributed by atoms with E-state index < -0.39 is 0 Å². The summed E-state index contributed by atoms with van der Waals surface area (Å²) >= 11 is 0. The standard InChI is InChI=1S/C14H25NO/c1-3-4-5-6-7-8-13(16)14(2)9-11-15-12-10-14/h3,15H,1,4-12H2,2H3. The van der Waals surface area contributed by atoms with E-state index in [9.17, 15) is 4.79 Å². The highest BCUT2D eigenvalue weighted by Crippen LogP contribution is 2.30.